The molecule has 0 fully saturated rings. The van der Waals surface area contributed by atoms with Gasteiger partial charge in [0, 0.05) is 25.3 Å². The molecule has 284 valence electrons. The minimum atomic E-state index is -0.970. The lowest BCUT2D eigenvalue weighted by Gasteiger charge is -2.25. The van der Waals surface area contributed by atoms with Crippen LogP contribution < -0.4 is 27.0 Å². The van der Waals surface area contributed by atoms with Crippen LogP contribution in [-0.2, 0) is 49.5 Å². The fourth-order valence-corrected chi connectivity index (χ4v) is 4.89. The number of ether oxygens (including phenoxy) is 4. The summed E-state index contributed by atoms with van der Waals surface area (Å²) in [5, 5.41) is 19.9. The number of amides is 5. The first-order valence-corrected chi connectivity index (χ1v) is 17.2. The highest BCUT2D eigenvalue weighted by molar-refractivity contribution is 6.18. The van der Waals surface area contributed by atoms with Crippen LogP contribution in [0.25, 0.3) is 0 Å². The summed E-state index contributed by atoms with van der Waals surface area (Å²) in [5.74, 6) is -2.53. The number of rotatable bonds is 27. The van der Waals surface area contributed by atoms with Crippen molar-refractivity contribution in [3.05, 3.63) is 42.0 Å². The van der Waals surface area contributed by atoms with Gasteiger partial charge in [-0.25, -0.2) is 4.79 Å². The van der Waals surface area contributed by atoms with Gasteiger partial charge in [0.05, 0.1) is 58.8 Å². The van der Waals surface area contributed by atoms with Crippen molar-refractivity contribution in [2.75, 3.05) is 64.7 Å². The van der Waals surface area contributed by atoms with Crippen LogP contribution in [0.15, 0.2) is 36.4 Å². The number of hydrogen-bond acceptors (Lipinski definition) is 11. The minimum absolute atomic E-state index is 0.0102. The maximum atomic E-state index is 13.3. The van der Waals surface area contributed by atoms with Gasteiger partial charge in [-0.15, -0.1) is 0 Å². The van der Waals surface area contributed by atoms with Crippen LogP contribution in [0.4, 0.5) is 10.5 Å². The maximum Gasteiger partial charge on any atom is 0.312 e. The van der Waals surface area contributed by atoms with Crippen molar-refractivity contribution in [1.29, 1.82) is 0 Å². The van der Waals surface area contributed by atoms with Crippen LogP contribution in [0.3, 0.4) is 0 Å². The van der Waals surface area contributed by atoms with Crippen LogP contribution in [0, 0.1) is 11.8 Å². The number of nitrogens with one attached hydrogen (secondary N) is 4. The van der Waals surface area contributed by atoms with Gasteiger partial charge >= 0.3 is 6.03 Å². The van der Waals surface area contributed by atoms with Gasteiger partial charge in [-0.3, -0.25) is 24.0 Å². The average Bonchev–Trinajstić information content (AvgIpc) is 3.42. The number of anilines is 1. The first-order chi connectivity index (χ1) is 24.5. The molecule has 16 heteroatoms. The van der Waals surface area contributed by atoms with Crippen molar-refractivity contribution in [2.24, 2.45) is 17.6 Å². The van der Waals surface area contributed by atoms with Gasteiger partial charge in [-0.05, 0) is 61.4 Å². The Kier molecular flexibility index (Phi) is 20.9. The summed E-state index contributed by atoms with van der Waals surface area (Å²) in [5.41, 5.74) is 6.27. The third-order valence-electron chi connectivity index (χ3n) is 7.74. The summed E-state index contributed by atoms with van der Waals surface area (Å²) >= 11 is 0. The van der Waals surface area contributed by atoms with Gasteiger partial charge in [0.1, 0.15) is 12.1 Å². The Labute approximate surface area is 298 Å². The van der Waals surface area contributed by atoms with Crippen molar-refractivity contribution < 1.29 is 52.8 Å². The van der Waals surface area contributed by atoms with E-state index in [9.17, 15) is 33.9 Å². The number of hydrogen-bond donors (Lipinski definition) is 6. The lowest BCUT2D eigenvalue weighted by atomic mass is 9.99. The zero-order valence-corrected chi connectivity index (χ0v) is 29.5. The normalized spacial score (nSPS) is 14.0. The summed E-state index contributed by atoms with van der Waals surface area (Å²) in [7, 11) is 0. The van der Waals surface area contributed by atoms with Gasteiger partial charge in [-0.1, -0.05) is 26.0 Å². The smallest absolute Gasteiger partial charge is 0.312 e. The third-order valence-corrected chi connectivity index (χ3v) is 7.74. The van der Waals surface area contributed by atoms with E-state index in [1.165, 1.54) is 12.2 Å². The number of benzene rings is 1. The van der Waals surface area contributed by atoms with E-state index in [2.05, 4.69) is 21.3 Å². The lowest BCUT2D eigenvalue weighted by molar-refractivity contribution is -0.132. The van der Waals surface area contributed by atoms with Crippen LogP contribution in [0.1, 0.15) is 51.5 Å². The number of allylic oxidation sites excluding steroid dienone is 2. The Morgan fingerprint density at radius 3 is 1.90 bits per heavy atom. The molecule has 1 aromatic rings. The number of ketones is 2. The average molecular weight is 720 g/mol. The highest BCUT2D eigenvalue weighted by atomic mass is 16.6. The predicted octanol–water partition coefficient (Wildman–Crippen LogP) is 0.752. The molecule has 0 bridgehead atoms. The zero-order chi connectivity index (χ0) is 37.4. The topological polar surface area (TPSA) is 234 Å². The molecule has 0 heterocycles. The second-order valence-corrected chi connectivity index (χ2v) is 12.2. The van der Waals surface area contributed by atoms with E-state index in [0.717, 1.165) is 0 Å². The summed E-state index contributed by atoms with van der Waals surface area (Å²) in [4.78, 5) is 73.2. The summed E-state index contributed by atoms with van der Waals surface area (Å²) in [6.45, 7) is 6.22. The van der Waals surface area contributed by atoms with Crippen molar-refractivity contribution in [2.45, 2.75) is 64.6 Å². The summed E-state index contributed by atoms with van der Waals surface area (Å²) < 4.78 is 21.8. The van der Waals surface area contributed by atoms with Gasteiger partial charge in [-0.2, -0.15) is 0 Å². The van der Waals surface area contributed by atoms with Crippen LogP contribution in [0.2, 0.25) is 0 Å². The molecule has 16 nitrogen and oxygen atoms in total. The first-order valence-electron chi connectivity index (χ1n) is 17.2. The second-order valence-electron chi connectivity index (χ2n) is 12.2. The Morgan fingerprint density at radius 1 is 0.784 bits per heavy atom. The zero-order valence-electron chi connectivity index (χ0n) is 29.5. The number of urea groups is 1. The molecular weight excluding hydrogens is 666 g/mol. The second kappa shape index (κ2) is 24.8. The Hall–Kier alpha value is -4.22. The molecule has 51 heavy (non-hydrogen) atoms. The maximum absolute atomic E-state index is 13.3. The van der Waals surface area contributed by atoms with Crippen LogP contribution in [-0.4, -0.2) is 112 Å². The molecule has 2 atom stereocenters. The quantitative estimate of drug-likeness (QED) is 0.0549. The third kappa shape index (κ3) is 18.0. The molecule has 0 aliphatic heterocycles. The van der Waals surface area contributed by atoms with Crippen molar-refractivity contribution in [1.82, 2.24) is 16.0 Å². The van der Waals surface area contributed by atoms with E-state index in [1.54, 1.807) is 38.1 Å². The van der Waals surface area contributed by atoms with Crippen molar-refractivity contribution in [3.8, 4) is 0 Å². The monoisotopic (exact) mass is 719 g/mol. The summed E-state index contributed by atoms with van der Waals surface area (Å²) in [6.07, 6.45) is 4.30. The van der Waals surface area contributed by atoms with Gasteiger partial charge in [0.2, 0.25) is 17.7 Å². The first kappa shape index (κ1) is 42.9. The van der Waals surface area contributed by atoms with Gasteiger partial charge < -0.3 is 51.1 Å². The van der Waals surface area contributed by atoms with E-state index in [4.69, 9.17) is 24.7 Å². The lowest BCUT2D eigenvalue weighted by Crippen LogP contribution is -2.54. The fraction of sp³-hybridized carbons (Fsp3) is 0.600. The Balaban J connectivity index is 1.62. The van der Waals surface area contributed by atoms with Crippen LogP contribution in [0.5, 0.6) is 0 Å². The van der Waals surface area contributed by atoms with E-state index < -0.39 is 41.8 Å². The number of primary amides is 1. The number of carbonyl (C=O) groups is 6. The SMILES string of the molecule is CC(C)C(NC(=O)CCOCCOCCOCCOCCCC1C(=O)C=CC1=O)C(=O)N[C@@H](CCCNC(N)=O)C(=O)Nc1ccc(CO)cc1. The molecule has 0 saturated heterocycles. The molecule has 2 rings (SSSR count). The Morgan fingerprint density at radius 2 is 1.35 bits per heavy atom. The van der Waals surface area contributed by atoms with E-state index >= 15 is 0 Å². The molecule has 1 aromatic carbocycles. The predicted molar refractivity (Wildman–Crippen MR) is 186 cm³/mol. The largest absolute Gasteiger partial charge is 0.392 e. The highest BCUT2D eigenvalue weighted by Gasteiger charge is 2.29. The van der Waals surface area contributed by atoms with Crippen LogP contribution >= 0.6 is 0 Å². The number of aliphatic hydroxyl groups excluding tert-OH is 1. The van der Waals surface area contributed by atoms with Crippen molar-refractivity contribution in [3.63, 3.8) is 0 Å². The molecule has 7 N–H and O–H groups in total. The van der Waals surface area contributed by atoms with E-state index in [0.29, 0.717) is 70.2 Å². The molecule has 0 spiro atoms. The molecule has 1 aliphatic rings. The molecule has 1 unspecified atom stereocenters. The molecule has 0 aromatic heterocycles. The molecule has 5 amide bonds. The number of nitrogens with two attached hydrogens (primary N) is 1. The molecular formula is C35H53N5O11. The van der Waals surface area contributed by atoms with E-state index in [1.807, 2.05) is 0 Å². The number of carbonyl (C=O) groups excluding carboxylic acids is 6. The highest BCUT2D eigenvalue weighted by Crippen LogP contribution is 2.16. The van der Waals surface area contributed by atoms with E-state index in [-0.39, 0.29) is 56.7 Å². The number of aliphatic hydroxyl groups is 1. The molecule has 1 aliphatic carbocycles. The Bertz CT molecular complexity index is 1270. The summed E-state index contributed by atoms with van der Waals surface area (Å²) in [6, 6.07) is 4.00. The minimum Gasteiger partial charge on any atom is -0.392 e. The molecule has 0 radical (unpaired) electrons. The standard InChI is InChI=1S/C35H53N5O11/c1-24(2)32(34(46)39-28(6-3-14-37-35(36)47)33(45)38-26-9-7-25(23-41)8-10-26)40-31(44)13-16-49-18-20-51-22-21-50-19-17-48-15-4-5-27-29(42)11-12-30(27)43/h7-12,24,27-28,32,41H,3-6,13-23H2,1-2H3,(H,38,45)(H,39,46)(H,40,44)(H3,36,37,47)/t28-,32?/m0/s1. The fourth-order valence-electron chi connectivity index (χ4n) is 4.89. The molecule has 0 saturated carbocycles. The van der Waals surface area contributed by atoms with Gasteiger partial charge in [0.15, 0.2) is 11.6 Å². The van der Waals surface area contributed by atoms with Crippen molar-refractivity contribution >= 4 is 41.0 Å². The van der Waals surface area contributed by atoms with Gasteiger partial charge in [0.25, 0.3) is 0 Å².